The number of aliphatic hydroxyl groups is 1. The van der Waals surface area contributed by atoms with Crippen molar-refractivity contribution in [1.82, 2.24) is 0 Å². The normalized spacial score (nSPS) is 55.4. The lowest BCUT2D eigenvalue weighted by atomic mass is 9.76. The first-order valence-electron chi connectivity index (χ1n) is 4.39. The average molecular weight is 156 g/mol. The third-order valence-corrected chi connectivity index (χ3v) is 3.39. The Morgan fingerprint density at radius 2 is 2.18 bits per heavy atom. The quantitative estimate of drug-likeness (QED) is 0.620. The Balaban J connectivity index is 2.22. The number of aliphatic hydroxyl groups excluding tert-OH is 1. The Labute approximate surface area is 67.6 Å². The van der Waals surface area contributed by atoms with E-state index >= 15 is 0 Å². The highest BCUT2D eigenvalue weighted by atomic mass is 16.5. The first-order valence-corrected chi connectivity index (χ1v) is 4.39. The first-order chi connectivity index (χ1) is 5.08. The molecule has 2 saturated heterocycles. The number of fused-ring (bicyclic) bond motifs is 2. The molecule has 3 atom stereocenters. The maximum atomic E-state index is 9.09. The van der Waals surface area contributed by atoms with E-state index in [0.29, 0.717) is 5.92 Å². The van der Waals surface area contributed by atoms with Crippen molar-refractivity contribution < 1.29 is 9.84 Å². The van der Waals surface area contributed by atoms with Crippen LogP contribution in [0.1, 0.15) is 33.1 Å². The molecule has 0 amide bonds. The molecule has 0 aliphatic carbocycles. The predicted octanol–water partition coefficient (Wildman–Crippen LogP) is 1.33. The second kappa shape index (κ2) is 1.99. The second-order valence-electron chi connectivity index (χ2n) is 4.45. The van der Waals surface area contributed by atoms with Gasteiger partial charge in [0.15, 0.2) is 0 Å². The van der Waals surface area contributed by atoms with Gasteiger partial charge in [0, 0.05) is 12.5 Å². The molecule has 2 heteroatoms. The van der Waals surface area contributed by atoms with Crippen LogP contribution in [0.2, 0.25) is 0 Å². The number of hydrogen-bond acceptors (Lipinski definition) is 2. The van der Waals surface area contributed by atoms with Crippen molar-refractivity contribution in [2.45, 2.75) is 44.3 Å². The van der Waals surface area contributed by atoms with Crippen LogP contribution in [0.4, 0.5) is 0 Å². The molecule has 2 nitrogen and oxygen atoms in total. The van der Waals surface area contributed by atoms with Crippen molar-refractivity contribution in [3.05, 3.63) is 0 Å². The lowest BCUT2D eigenvalue weighted by Crippen LogP contribution is -2.32. The van der Waals surface area contributed by atoms with Gasteiger partial charge in [-0.15, -0.1) is 0 Å². The average Bonchev–Trinajstić information content (AvgIpc) is 2.36. The van der Waals surface area contributed by atoms with Crippen LogP contribution in [0.5, 0.6) is 0 Å². The largest absolute Gasteiger partial charge is 0.396 e. The lowest BCUT2D eigenvalue weighted by molar-refractivity contribution is -0.0431. The van der Waals surface area contributed by atoms with Gasteiger partial charge in [-0.05, 0) is 33.1 Å². The van der Waals surface area contributed by atoms with Crippen molar-refractivity contribution in [1.29, 1.82) is 0 Å². The molecule has 0 aromatic carbocycles. The molecule has 11 heavy (non-hydrogen) atoms. The minimum atomic E-state index is -0.0104. The van der Waals surface area contributed by atoms with E-state index in [1.54, 1.807) is 0 Å². The highest BCUT2D eigenvalue weighted by Crippen LogP contribution is 2.53. The maximum Gasteiger partial charge on any atom is 0.0713 e. The molecule has 0 radical (unpaired) electrons. The zero-order valence-corrected chi connectivity index (χ0v) is 7.26. The minimum absolute atomic E-state index is 0.0104. The van der Waals surface area contributed by atoms with E-state index in [1.807, 2.05) is 0 Å². The molecule has 2 heterocycles. The van der Waals surface area contributed by atoms with Crippen LogP contribution < -0.4 is 0 Å². The van der Waals surface area contributed by atoms with Gasteiger partial charge in [0.2, 0.25) is 0 Å². The van der Waals surface area contributed by atoms with Gasteiger partial charge in [-0.25, -0.2) is 0 Å². The van der Waals surface area contributed by atoms with E-state index in [0.717, 1.165) is 12.8 Å². The third kappa shape index (κ3) is 0.926. The fourth-order valence-electron chi connectivity index (χ4n) is 2.60. The van der Waals surface area contributed by atoms with Gasteiger partial charge >= 0.3 is 0 Å². The van der Waals surface area contributed by atoms with Crippen molar-refractivity contribution >= 4 is 0 Å². The van der Waals surface area contributed by atoms with Crippen LogP contribution in [-0.2, 0) is 4.74 Å². The minimum Gasteiger partial charge on any atom is -0.396 e. The summed E-state index contributed by atoms with van der Waals surface area (Å²) in [5.74, 6) is 0.376. The monoisotopic (exact) mass is 156 g/mol. The van der Waals surface area contributed by atoms with Gasteiger partial charge < -0.3 is 9.84 Å². The Hall–Kier alpha value is -0.0800. The Morgan fingerprint density at radius 3 is 2.45 bits per heavy atom. The van der Waals surface area contributed by atoms with E-state index in [2.05, 4.69) is 13.8 Å². The van der Waals surface area contributed by atoms with Gasteiger partial charge in [-0.1, -0.05) is 0 Å². The Bertz CT molecular complexity index is 180. The highest BCUT2D eigenvalue weighted by molar-refractivity contribution is 5.05. The van der Waals surface area contributed by atoms with Gasteiger partial charge in [-0.3, -0.25) is 0 Å². The van der Waals surface area contributed by atoms with Crippen molar-refractivity contribution in [2.75, 3.05) is 6.61 Å². The molecule has 1 N–H and O–H groups in total. The summed E-state index contributed by atoms with van der Waals surface area (Å²) in [4.78, 5) is 0. The molecule has 0 saturated carbocycles. The van der Waals surface area contributed by atoms with Gasteiger partial charge in [-0.2, -0.15) is 0 Å². The topological polar surface area (TPSA) is 29.5 Å². The molecule has 0 spiro atoms. The molecule has 2 aliphatic heterocycles. The van der Waals surface area contributed by atoms with E-state index in [9.17, 15) is 0 Å². The zero-order chi connectivity index (χ0) is 8.11. The summed E-state index contributed by atoms with van der Waals surface area (Å²) in [5.41, 5.74) is 0.0750. The van der Waals surface area contributed by atoms with Crippen molar-refractivity contribution in [2.24, 2.45) is 5.92 Å². The summed E-state index contributed by atoms with van der Waals surface area (Å²) in [6, 6.07) is 0. The maximum absolute atomic E-state index is 9.09. The summed E-state index contributed by atoms with van der Waals surface area (Å²) in [6.45, 7) is 4.58. The number of rotatable bonds is 1. The number of ether oxygens (including phenoxy) is 1. The van der Waals surface area contributed by atoms with Crippen LogP contribution in [0, 0.1) is 5.92 Å². The van der Waals surface area contributed by atoms with Gasteiger partial charge in [0.1, 0.15) is 0 Å². The molecule has 0 unspecified atom stereocenters. The molecule has 2 fully saturated rings. The summed E-state index contributed by atoms with van der Waals surface area (Å²) in [5, 5.41) is 9.09. The summed E-state index contributed by atoms with van der Waals surface area (Å²) in [7, 11) is 0. The highest BCUT2D eigenvalue weighted by Gasteiger charge is 2.55. The first kappa shape index (κ1) is 7.56. The lowest BCUT2D eigenvalue weighted by Gasteiger charge is -2.27. The molecule has 64 valence electrons. The molecule has 2 bridgehead atoms. The zero-order valence-electron chi connectivity index (χ0n) is 7.26. The van der Waals surface area contributed by atoms with Crippen molar-refractivity contribution in [3.63, 3.8) is 0 Å². The second-order valence-corrected chi connectivity index (χ2v) is 4.45. The fourth-order valence-corrected chi connectivity index (χ4v) is 2.60. The van der Waals surface area contributed by atoms with Crippen LogP contribution in [0.15, 0.2) is 0 Å². The Morgan fingerprint density at radius 1 is 1.45 bits per heavy atom. The molecular weight excluding hydrogens is 140 g/mol. The number of hydrogen-bond donors (Lipinski definition) is 1. The van der Waals surface area contributed by atoms with E-state index < -0.39 is 0 Å². The van der Waals surface area contributed by atoms with Crippen LogP contribution >= 0.6 is 0 Å². The molecule has 0 aromatic heterocycles. The standard InChI is InChI=1S/C9H16O2/c1-8-3-4-9(2,11-8)7(5-8)6-10/h7,10H,3-6H2,1-2H3/t7-,8-,9+/m1/s1. The van der Waals surface area contributed by atoms with E-state index in [4.69, 9.17) is 9.84 Å². The van der Waals surface area contributed by atoms with E-state index in [-0.39, 0.29) is 17.8 Å². The summed E-state index contributed by atoms with van der Waals surface area (Å²) in [6.07, 6.45) is 3.33. The smallest absolute Gasteiger partial charge is 0.0713 e. The van der Waals surface area contributed by atoms with Crippen LogP contribution in [0.25, 0.3) is 0 Å². The van der Waals surface area contributed by atoms with Crippen LogP contribution in [-0.4, -0.2) is 22.9 Å². The van der Waals surface area contributed by atoms with Gasteiger partial charge in [0.05, 0.1) is 11.2 Å². The van der Waals surface area contributed by atoms with Crippen LogP contribution in [0.3, 0.4) is 0 Å². The molecule has 2 rings (SSSR count). The van der Waals surface area contributed by atoms with Gasteiger partial charge in [0.25, 0.3) is 0 Å². The van der Waals surface area contributed by atoms with E-state index in [1.165, 1.54) is 6.42 Å². The third-order valence-electron chi connectivity index (χ3n) is 3.39. The molecule has 0 aromatic rings. The molecular formula is C9H16O2. The molecule has 2 aliphatic rings. The Kier molecular flexibility index (Phi) is 1.37. The fraction of sp³-hybridized carbons (Fsp3) is 1.00. The van der Waals surface area contributed by atoms with Crippen molar-refractivity contribution in [3.8, 4) is 0 Å². The predicted molar refractivity (Wildman–Crippen MR) is 42.3 cm³/mol. The summed E-state index contributed by atoms with van der Waals surface area (Å²) < 4.78 is 5.89. The SMILES string of the molecule is C[C@]12CC[C@](C)(O1)[C@@H](CO)C2. The summed E-state index contributed by atoms with van der Waals surface area (Å²) >= 11 is 0.